The van der Waals surface area contributed by atoms with Crippen LogP contribution in [-0.2, 0) is 4.74 Å². The number of nitrogens with one attached hydrogen (secondary N) is 1. The molecule has 0 aliphatic heterocycles. The molecule has 1 N–H and O–H groups in total. The third kappa shape index (κ3) is 7.27. The predicted octanol–water partition coefficient (Wildman–Crippen LogP) is 5.77. The minimum atomic E-state index is -0.595. The van der Waals surface area contributed by atoms with Crippen molar-refractivity contribution >= 4 is 47.2 Å². The molecule has 0 saturated heterocycles. The van der Waals surface area contributed by atoms with E-state index in [0.29, 0.717) is 35.1 Å². The number of rotatable bonds is 9. The van der Waals surface area contributed by atoms with E-state index in [2.05, 4.69) is 17.0 Å². The molecule has 35 heavy (non-hydrogen) atoms. The Balaban J connectivity index is 1.80. The quantitative estimate of drug-likeness (QED) is 0.305. The topological polar surface area (TPSA) is 74.2 Å². The van der Waals surface area contributed by atoms with Crippen LogP contribution < -0.4 is 10.2 Å². The van der Waals surface area contributed by atoms with Gasteiger partial charge in [0.05, 0.1) is 25.1 Å². The van der Waals surface area contributed by atoms with Crippen molar-refractivity contribution in [2.75, 3.05) is 37.5 Å². The Labute approximate surface area is 210 Å². The van der Waals surface area contributed by atoms with Crippen LogP contribution in [0.3, 0.4) is 0 Å². The minimum Gasteiger partial charge on any atom is -0.383 e. The lowest BCUT2D eigenvalue weighted by Crippen LogP contribution is -2.40. The molecule has 0 spiro atoms. The molecule has 0 bridgehead atoms. The van der Waals surface area contributed by atoms with Gasteiger partial charge >= 0.3 is 6.03 Å². The summed E-state index contributed by atoms with van der Waals surface area (Å²) in [6.45, 7) is 4.99. The Hall–Kier alpha value is -3.94. The van der Waals surface area contributed by atoms with Gasteiger partial charge in [0.1, 0.15) is 0 Å². The number of hydrogen-bond acceptors (Lipinski definition) is 5. The molecular formula is C27H27ClN4O3. The molecule has 0 radical (unpaired) electrons. The molecule has 0 aromatic heterocycles. The number of halogens is 1. The van der Waals surface area contributed by atoms with Crippen molar-refractivity contribution in [2.24, 2.45) is 5.10 Å². The van der Waals surface area contributed by atoms with Gasteiger partial charge in [-0.05, 0) is 53.6 Å². The summed E-state index contributed by atoms with van der Waals surface area (Å²) in [4.78, 5) is 27.7. The lowest BCUT2D eigenvalue weighted by atomic mass is 10.1. The third-order valence-electron chi connectivity index (χ3n) is 5.05. The van der Waals surface area contributed by atoms with Crippen molar-refractivity contribution in [3.05, 3.63) is 101 Å². The van der Waals surface area contributed by atoms with Gasteiger partial charge in [-0.25, -0.2) is 9.69 Å². The molecule has 8 heteroatoms. The van der Waals surface area contributed by atoms with Crippen LogP contribution in [0.1, 0.15) is 21.5 Å². The summed E-state index contributed by atoms with van der Waals surface area (Å²) in [5.74, 6) is -0.501. The molecule has 3 rings (SSSR count). The third-order valence-corrected chi connectivity index (χ3v) is 5.28. The molecule has 0 aliphatic carbocycles. The number of hydrazone groups is 1. The number of methoxy groups -OCH3 is 1. The highest BCUT2D eigenvalue weighted by Gasteiger charge is 2.25. The second kappa shape index (κ2) is 12.5. The SMILES string of the molecule is C=Cc1ccc(N(C(=O)Nc2ccc(C=NN(C)CCOC)cc2)C(=O)c2cccc(Cl)c2)cc1. The van der Waals surface area contributed by atoms with Crippen LogP contribution in [0.2, 0.25) is 5.02 Å². The number of carbonyl (C=O) groups is 2. The Morgan fingerprint density at radius 3 is 2.37 bits per heavy atom. The first-order chi connectivity index (χ1) is 16.9. The highest BCUT2D eigenvalue weighted by atomic mass is 35.5. The van der Waals surface area contributed by atoms with E-state index in [1.165, 1.54) is 6.07 Å². The molecule has 0 unspecified atom stereocenters. The molecule has 3 aromatic rings. The smallest absolute Gasteiger partial charge is 0.333 e. The Morgan fingerprint density at radius 1 is 1.06 bits per heavy atom. The van der Waals surface area contributed by atoms with Gasteiger partial charge in [-0.15, -0.1) is 0 Å². The molecule has 0 heterocycles. The second-order valence-corrected chi connectivity index (χ2v) is 8.05. The van der Waals surface area contributed by atoms with Crippen molar-refractivity contribution < 1.29 is 14.3 Å². The number of nitrogens with zero attached hydrogens (tertiary/aromatic N) is 3. The van der Waals surface area contributed by atoms with Gasteiger partial charge in [-0.3, -0.25) is 9.80 Å². The summed E-state index contributed by atoms with van der Waals surface area (Å²) in [6.07, 6.45) is 3.41. The van der Waals surface area contributed by atoms with Crippen LogP contribution in [0.4, 0.5) is 16.2 Å². The van der Waals surface area contributed by atoms with Gasteiger partial charge in [0.25, 0.3) is 5.91 Å². The van der Waals surface area contributed by atoms with Crippen molar-refractivity contribution in [1.82, 2.24) is 5.01 Å². The number of imide groups is 1. The number of hydrogen-bond donors (Lipinski definition) is 1. The van der Waals surface area contributed by atoms with E-state index in [1.807, 2.05) is 19.2 Å². The molecule has 0 aliphatic rings. The van der Waals surface area contributed by atoms with E-state index in [-0.39, 0.29) is 0 Å². The number of likely N-dealkylation sites (N-methyl/N-ethyl adjacent to an activating group) is 1. The van der Waals surface area contributed by atoms with Crippen molar-refractivity contribution in [1.29, 1.82) is 0 Å². The molecule has 3 amide bonds. The van der Waals surface area contributed by atoms with E-state index in [9.17, 15) is 9.59 Å². The fraction of sp³-hybridized carbons (Fsp3) is 0.148. The maximum Gasteiger partial charge on any atom is 0.333 e. The lowest BCUT2D eigenvalue weighted by Gasteiger charge is -2.22. The number of ether oxygens (including phenoxy) is 1. The summed E-state index contributed by atoms with van der Waals surface area (Å²) < 4.78 is 5.04. The zero-order valence-corrected chi connectivity index (χ0v) is 20.4. The van der Waals surface area contributed by atoms with E-state index < -0.39 is 11.9 Å². The predicted molar refractivity (Wildman–Crippen MR) is 142 cm³/mol. The molecule has 0 atom stereocenters. The fourth-order valence-electron chi connectivity index (χ4n) is 3.12. The molecule has 0 saturated carbocycles. The van der Waals surface area contributed by atoms with Gasteiger partial charge < -0.3 is 10.1 Å². The number of amides is 3. The minimum absolute atomic E-state index is 0.296. The molecule has 7 nitrogen and oxygen atoms in total. The fourth-order valence-corrected chi connectivity index (χ4v) is 3.31. The van der Waals surface area contributed by atoms with Crippen LogP contribution in [0.25, 0.3) is 6.08 Å². The van der Waals surface area contributed by atoms with Crippen LogP contribution in [-0.4, -0.2) is 50.5 Å². The normalized spacial score (nSPS) is 10.7. The van der Waals surface area contributed by atoms with Crippen molar-refractivity contribution in [3.8, 4) is 0 Å². The largest absolute Gasteiger partial charge is 0.383 e. The average Bonchev–Trinajstić information content (AvgIpc) is 2.87. The standard InChI is InChI=1S/C27H27ClN4O3/c1-4-20-10-14-25(15-11-20)32(26(33)22-6-5-7-23(28)18-22)27(34)30-24-12-8-21(9-13-24)19-29-31(2)16-17-35-3/h4-15,18-19H,1,16-17H2,2-3H3,(H,30,34). The van der Waals surface area contributed by atoms with Gasteiger partial charge in [0.15, 0.2) is 0 Å². The number of carbonyl (C=O) groups excluding carboxylic acids is 2. The van der Waals surface area contributed by atoms with E-state index in [1.54, 1.807) is 79.0 Å². The summed E-state index contributed by atoms with van der Waals surface area (Å²) in [5, 5.41) is 9.31. The van der Waals surface area contributed by atoms with Gasteiger partial charge in [0, 0.05) is 30.4 Å². The Bertz CT molecular complexity index is 1190. The molecular weight excluding hydrogens is 464 g/mol. The zero-order valence-electron chi connectivity index (χ0n) is 19.6. The van der Waals surface area contributed by atoms with Crippen LogP contribution in [0, 0.1) is 0 Å². The summed E-state index contributed by atoms with van der Waals surface area (Å²) in [7, 11) is 3.50. The highest BCUT2D eigenvalue weighted by molar-refractivity contribution is 6.31. The number of anilines is 2. The summed E-state index contributed by atoms with van der Waals surface area (Å²) >= 11 is 6.07. The van der Waals surface area contributed by atoms with Crippen LogP contribution in [0.5, 0.6) is 0 Å². The number of urea groups is 1. The Kier molecular flexibility index (Phi) is 9.17. The number of benzene rings is 3. The monoisotopic (exact) mass is 490 g/mol. The molecule has 180 valence electrons. The highest BCUT2D eigenvalue weighted by Crippen LogP contribution is 2.22. The first-order valence-electron chi connectivity index (χ1n) is 10.9. The maximum absolute atomic E-state index is 13.3. The molecule has 3 aromatic carbocycles. The zero-order chi connectivity index (χ0) is 25.2. The van der Waals surface area contributed by atoms with Crippen molar-refractivity contribution in [2.45, 2.75) is 0 Å². The van der Waals surface area contributed by atoms with E-state index >= 15 is 0 Å². The first-order valence-corrected chi connectivity index (χ1v) is 11.3. The van der Waals surface area contributed by atoms with Gasteiger partial charge in [-0.2, -0.15) is 5.10 Å². The van der Waals surface area contributed by atoms with E-state index in [4.69, 9.17) is 16.3 Å². The van der Waals surface area contributed by atoms with Crippen molar-refractivity contribution in [3.63, 3.8) is 0 Å². The van der Waals surface area contributed by atoms with Gasteiger partial charge in [0.2, 0.25) is 0 Å². The average molecular weight is 491 g/mol. The Morgan fingerprint density at radius 2 is 1.74 bits per heavy atom. The van der Waals surface area contributed by atoms with Crippen LogP contribution >= 0.6 is 11.6 Å². The second-order valence-electron chi connectivity index (χ2n) is 7.62. The van der Waals surface area contributed by atoms with Crippen LogP contribution in [0.15, 0.2) is 84.5 Å². The lowest BCUT2D eigenvalue weighted by molar-refractivity contribution is 0.0995. The maximum atomic E-state index is 13.3. The summed E-state index contributed by atoms with van der Waals surface area (Å²) in [6, 6.07) is 20.0. The first kappa shape index (κ1) is 25.7. The van der Waals surface area contributed by atoms with Gasteiger partial charge in [-0.1, -0.05) is 54.6 Å². The molecule has 0 fully saturated rings. The van der Waals surface area contributed by atoms with E-state index in [0.717, 1.165) is 16.0 Å². The summed E-state index contributed by atoms with van der Waals surface area (Å²) in [5.41, 5.74) is 2.98.